The van der Waals surface area contributed by atoms with Crippen molar-refractivity contribution in [2.75, 3.05) is 4.90 Å². The quantitative estimate of drug-likeness (QED) is 0.169. The van der Waals surface area contributed by atoms with E-state index < -0.39 is 0 Å². The number of benzene rings is 8. The standard InChI is InChI=1S/C48H34N2/c1-3-15-35(16-4-1)36-29-31-40(32-30-36)49(46-26-10-7-23-43(46)37-17-5-2-6-18-37)41-21-13-19-38(33-41)39-20-14-22-42(34-39)50-47-27-11-8-24-44(47)45-25-9-12-28-48(45)50/h1-34H. The first kappa shape index (κ1) is 29.5. The number of hydrogen-bond acceptors (Lipinski definition) is 1. The van der Waals surface area contributed by atoms with Crippen LogP contribution in [0.15, 0.2) is 206 Å². The second-order valence-electron chi connectivity index (χ2n) is 12.6. The van der Waals surface area contributed by atoms with Gasteiger partial charge in [0, 0.05) is 33.4 Å². The summed E-state index contributed by atoms with van der Waals surface area (Å²) >= 11 is 0. The van der Waals surface area contributed by atoms with Gasteiger partial charge in [-0.15, -0.1) is 0 Å². The van der Waals surface area contributed by atoms with Gasteiger partial charge in [0.1, 0.15) is 0 Å². The van der Waals surface area contributed by atoms with E-state index in [0.717, 1.165) is 28.3 Å². The molecule has 0 fully saturated rings. The van der Waals surface area contributed by atoms with E-state index in [4.69, 9.17) is 0 Å². The molecule has 0 amide bonds. The number of nitrogens with zero attached hydrogens (tertiary/aromatic N) is 2. The Morgan fingerprint density at radius 2 is 0.840 bits per heavy atom. The zero-order valence-electron chi connectivity index (χ0n) is 27.5. The summed E-state index contributed by atoms with van der Waals surface area (Å²) < 4.78 is 2.38. The molecule has 0 bridgehead atoms. The van der Waals surface area contributed by atoms with E-state index in [-0.39, 0.29) is 0 Å². The molecule has 1 heterocycles. The first-order chi connectivity index (χ1) is 24.8. The van der Waals surface area contributed by atoms with Crippen LogP contribution in [0.5, 0.6) is 0 Å². The van der Waals surface area contributed by atoms with E-state index in [2.05, 4.69) is 216 Å². The summed E-state index contributed by atoms with van der Waals surface area (Å²) in [5.74, 6) is 0. The van der Waals surface area contributed by atoms with Gasteiger partial charge in [0.15, 0.2) is 0 Å². The highest BCUT2D eigenvalue weighted by Crippen LogP contribution is 2.42. The van der Waals surface area contributed by atoms with Crippen LogP contribution in [-0.2, 0) is 0 Å². The molecular weight excluding hydrogens is 605 g/mol. The molecule has 0 saturated heterocycles. The lowest BCUT2D eigenvalue weighted by Crippen LogP contribution is -2.11. The zero-order chi connectivity index (χ0) is 33.3. The maximum absolute atomic E-state index is 2.39. The average Bonchev–Trinajstić information content (AvgIpc) is 3.54. The van der Waals surface area contributed by atoms with Crippen LogP contribution >= 0.6 is 0 Å². The molecule has 50 heavy (non-hydrogen) atoms. The van der Waals surface area contributed by atoms with Gasteiger partial charge in [-0.25, -0.2) is 0 Å². The second-order valence-corrected chi connectivity index (χ2v) is 12.6. The van der Waals surface area contributed by atoms with Crippen molar-refractivity contribution >= 4 is 38.9 Å². The SMILES string of the molecule is c1ccc(-c2ccc(N(c3cccc(-c4cccc(-n5c6ccccc6c6ccccc65)c4)c3)c3ccccc3-c3ccccc3)cc2)cc1. The lowest BCUT2D eigenvalue weighted by Gasteiger charge is -2.28. The maximum Gasteiger partial charge on any atom is 0.0541 e. The Kier molecular flexibility index (Phi) is 7.53. The smallest absolute Gasteiger partial charge is 0.0541 e. The predicted octanol–water partition coefficient (Wildman–Crippen LogP) is 13.3. The molecule has 0 atom stereocenters. The minimum atomic E-state index is 1.10. The van der Waals surface area contributed by atoms with Gasteiger partial charge >= 0.3 is 0 Å². The van der Waals surface area contributed by atoms with Crippen LogP contribution in [-0.4, -0.2) is 4.57 Å². The van der Waals surface area contributed by atoms with Gasteiger partial charge in [-0.2, -0.15) is 0 Å². The van der Waals surface area contributed by atoms with E-state index in [1.807, 2.05) is 0 Å². The molecule has 9 rings (SSSR count). The molecule has 0 saturated carbocycles. The Hall–Kier alpha value is -6.64. The molecule has 1 aromatic heterocycles. The lowest BCUT2D eigenvalue weighted by atomic mass is 10.00. The molecule has 2 heteroatoms. The van der Waals surface area contributed by atoms with Crippen molar-refractivity contribution < 1.29 is 0 Å². The number of fused-ring (bicyclic) bond motifs is 3. The molecule has 0 unspecified atom stereocenters. The minimum absolute atomic E-state index is 1.10. The van der Waals surface area contributed by atoms with E-state index in [9.17, 15) is 0 Å². The van der Waals surface area contributed by atoms with Crippen molar-refractivity contribution in [1.29, 1.82) is 0 Å². The molecule has 8 aromatic carbocycles. The molecular formula is C48H34N2. The molecule has 2 nitrogen and oxygen atoms in total. The van der Waals surface area contributed by atoms with Gasteiger partial charge in [-0.1, -0.05) is 152 Å². The largest absolute Gasteiger partial charge is 0.310 e. The Morgan fingerprint density at radius 1 is 0.320 bits per heavy atom. The molecule has 0 spiro atoms. The first-order valence-corrected chi connectivity index (χ1v) is 17.1. The maximum atomic E-state index is 2.39. The third-order valence-corrected chi connectivity index (χ3v) is 9.58. The van der Waals surface area contributed by atoms with Gasteiger partial charge < -0.3 is 9.47 Å². The molecule has 0 N–H and O–H groups in total. The predicted molar refractivity (Wildman–Crippen MR) is 212 cm³/mol. The van der Waals surface area contributed by atoms with E-state index in [0.29, 0.717) is 0 Å². The third kappa shape index (κ3) is 5.34. The van der Waals surface area contributed by atoms with Crippen LogP contribution < -0.4 is 4.90 Å². The number of anilines is 3. The highest BCUT2D eigenvalue weighted by atomic mass is 15.1. The summed E-state index contributed by atoms with van der Waals surface area (Å²) in [6, 6.07) is 74.0. The zero-order valence-corrected chi connectivity index (χ0v) is 27.5. The second kappa shape index (κ2) is 12.8. The van der Waals surface area contributed by atoms with Crippen molar-refractivity contribution in [2.24, 2.45) is 0 Å². The van der Waals surface area contributed by atoms with Crippen LogP contribution in [0.1, 0.15) is 0 Å². The van der Waals surface area contributed by atoms with Crippen molar-refractivity contribution in [2.45, 2.75) is 0 Å². The summed E-state index contributed by atoms with van der Waals surface area (Å²) in [7, 11) is 0. The third-order valence-electron chi connectivity index (χ3n) is 9.58. The molecule has 0 aliphatic heterocycles. The lowest BCUT2D eigenvalue weighted by molar-refractivity contribution is 1.18. The Bertz CT molecular complexity index is 2530. The topological polar surface area (TPSA) is 8.17 Å². The van der Waals surface area contributed by atoms with Crippen LogP contribution in [0, 0.1) is 0 Å². The van der Waals surface area contributed by atoms with E-state index >= 15 is 0 Å². The molecule has 0 aliphatic rings. The Labute approximate surface area is 292 Å². The fraction of sp³-hybridized carbons (Fsp3) is 0. The molecule has 9 aromatic rings. The van der Waals surface area contributed by atoms with Crippen LogP contribution in [0.3, 0.4) is 0 Å². The Balaban J connectivity index is 1.18. The normalized spacial score (nSPS) is 11.2. The summed E-state index contributed by atoms with van der Waals surface area (Å²) in [6.45, 7) is 0. The van der Waals surface area contributed by atoms with Crippen molar-refractivity contribution in [3.8, 4) is 39.1 Å². The minimum Gasteiger partial charge on any atom is -0.310 e. The van der Waals surface area contributed by atoms with Crippen LogP contribution in [0.4, 0.5) is 17.1 Å². The highest BCUT2D eigenvalue weighted by Gasteiger charge is 2.18. The highest BCUT2D eigenvalue weighted by molar-refractivity contribution is 6.09. The van der Waals surface area contributed by atoms with Gasteiger partial charge in [-0.05, 0) is 82.4 Å². The van der Waals surface area contributed by atoms with Crippen molar-refractivity contribution in [3.05, 3.63) is 206 Å². The monoisotopic (exact) mass is 638 g/mol. The number of hydrogen-bond donors (Lipinski definition) is 0. The summed E-state index contributed by atoms with van der Waals surface area (Å²) in [4.78, 5) is 2.39. The van der Waals surface area contributed by atoms with E-state index in [1.165, 1.54) is 49.6 Å². The number of rotatable bonds is 7. The Morgan fingerprint density at radius 3 is 1.54 bits per heavy atom. The van der Waals surface area contributed by atoms with Crippen LogP contribution in [0.2, 0.25) is 0 Å². The molecule has 236 valence electrons. The number of aromatic nitrogens is 1. The van der Waals surface area contributed by atoms with Gasteiger partial charge in [-0.3, -0.25) is 0 Å². The average molecular weight is 639 g/mol. The molecule has 0 radical (unpaired) electrons. The van der Waals surface area contributed by atoms with E-state index in [1.54, 1.807) is 0 Å². The molecule has 0 aliphatic carbocycles. The summed E-state index contributed by atoms with van der Waals surface area (Å²) in [5, 5.41) is 2.53. The van der Waals surface area contributed by atoms with Gasteiger partial charge in [0.05, 0.1) is 16.7 Å². The summed E-state index contributed by atoms with van der Waals surface area (Å²) in [6.07, 6.45) is 0. The van der Waals surface area contributed by atoms with Crippen LogP contribution in [0.25, 0.3) is 60.9 Å². The van der Waals surface area contributed by atoms with Crippen molar-refractivity contribution in [3.63, 3.8) is 0 Å². The first-order valence-electron chi connectivity index (χ1n) is 17.1. The van der Waals surface area contributed by atoms with Gasteiger partial charge in [0.2, 0.25) is 0 Å². The fourth-order valence-electron chi connectivity index (χ4n) is 7.24. The van der Waals surface area contributed by atoms with Crippen molar-refractivity contribution in [1.82, 2.24) is 4.57 Å². The van der Waals surface area contributed by atoms with Gasteiger partial charge in [0.25, 0.3) is 0 Å². The number of para-hydroxylation sites is 3. The fourth-order valence-corrected chi connectivity index (χ4v) is 7.24. The summed E-state index contributed by atoms with van der Waals surface area (Å²) in [5.41, 5.74) is 14.0.